The molecule has 1 heterocycles. The monoisotopic (exact) mass is 183 g/mol. The minimum Gasteiger partial charge on any atom is -0.381 e. The van der Waals surface area contributed by atoms with Gasteiger partial charge in [0.1, 0.15) is 0 Å². The van der Waals surface area contributed by atoms with E-state index in [9.17, 15) is 0 Å². The maximum Gasteiger partial charge on any atom is 0.0468 e. The molecule has 1 saturated heterocycles. The average molecular weight is 183 g/mol. The Kier molecular flexibility index (Phi) is 3.62. The van der Waals surface area contributed by atoms with E-state index in [1.54, 1.807) is 0 Å². The van der Waals surface area contributed by atoms with E-state index in [1.807, 2.05) is 0 Å². The molecule has 1 N–H and O–H groups in total. The molecule has 0 aromatic heterocycles. The van der Waals surface area contributed by atoms with Crippen molar-refractivity contribution in [2.24, 2.45) is 5.92 Å². The van der Waals surface area contributed by atoms with Crippen molar-refractivity contribution in [3.05, 3.63) is 0 Å². The summed E-state index contributed by atoms with van der Waals surface area (Å²) in [6.07, 6.45) is 8.19. The predicted molar refractivity (Wildman–Crippen MR) is 53.8 cm³/mol. The van der Waals surface area contributed by atoms with Gasteiger partial charge in [0.15, 0.2) is 0 Å². The molecule has 76 valence electrons. The second-order valence-electron chi connectivity index (χ2n) is 4.43. The van der Waals surface area contributed by atoms with Gasteiger partial charge in [-0.25, -0.2) is 0 Å². The Morgan fingerprint density at radius 2 is 1.85 bits per heavy atom. The van der Waals surface area contributed by atoms with E-state index in [0.717, 1.165) is 25.2 Å². The Morgan fingerprint density at radius 3 is 2.54 bits per heavy atom. The van der Waals surface area contributed by atoms with E-state index < -0.39 is 0 Å². The molecule has 13 heavy (non-hydrogen) atoms. The van der Waals surface area contributed by atoms with Crippen LogP contribution in [0.2, 0.25) is 0 Å². The third kappa shape index (κ3) is 3.65. The normalized spacial score (nSPS) is 24.9. The third-order valence-electron chi connectivity index (χ3n) is 3.14. The molecule has 0 bridgehead atoms. The number of nitrogens with one attached hydrogen (secondary N) is 1. The van der Waals surface area contributed by atoms with Crippen LogP contribution < -0.4 is 5.32 Å². The van der Waals surface area contributed by atoms with E-state index in [2.05, 4.69) is 5.32 Å². The van der Waals surface area contributed by atoms with Crippen molar-refractivity contribution in [3.63, 3.8) is 0 Å². The van der Waals surface area contributed by atoms with Gasteiger partial charge in [-0.3, -0.25) is 0 Å². The summed E-state index contributed by atoms with van der Waals surface area (Å²) >= 11 is 0. The summed E-state index contributed by atoms with van der Waals surface area (Å²) in [6, 6.07) is 0.884. The molecule has 2 rings (SSSR count). The minimum absolute atomic E-state index is 0.884. The topological polar surface area (TPSA) is 21.3 Å². The van der Waals surface area contributed by atoms with Gasteiger partial charge in [-0.15, -0.1) is 0 Å². The number of hydrogen-bond donors (Lipinski definition) is 1. The van der Waals surface area contributed by atoms with Gasteiger partial charge in [-0.1, -0.05) is 0 Å². The maximum absolute atomic E-state index is 5.34. The van der Waals surface area contributed by atoms with Gasteiger partial charge in [0.2, 0.25) is 0 Å². The van der Waals surface area contributed by atoms with E-state index >= 15 is 0 Å². The summed E-state index contributed by atoms with van der Waals surface area (Å²) in [4.78, 5) is 0. The zero-order valence-electron chi connectivity index (χ0n) is 8.43. The maximum atomic E-state index is 5.34. The lowest BCUT2D eigenvalue weighted by Gasteiger charge is -2.21. The Labute approximate surface area is 81.0 Å². The molecule has 0 radical (unpaired) electrons. The molecule has 2 heteroatoms. The lowest BCUT2D eigenvalue weighted by Crippen LogP contribution is -2.20. The van der Waals surface area contributed by atoms with Gasteiger partial charge in [-0.05, 0) is 51.0 Å². The lowest BCUT2D eigenvalue weighted by atomic mass is 9.95. The second kappa shape index (κ2) is 4.97. The Hall–Kier alpha value is -0.0800. The summed E-state index contributed by atoms with van der Waals surface area (Å²) in [6.45, 7) is 3.24. The standard InChI is InChI=1S/C11H21NO/c1(7-12-11-3-4-11)2-10-5-8-13-9-6-10/h10-12H,1-9H2. The summed E-state index contributed by atoms with van der Waals surface area (Å²) in [5.74, 6) is 0.953. The number of ether oxygens (including phenoxy) is 1. The molecule has 0 aromatic rings. The highest BCUT2D eigenvalue weighted by Gasteiger charge is 2.20. The van der Waals surface area contributed by atoms with Crippen LogP contribution >= 0.6 is 0 Å². The first kappa shape index (κ1) is 9.47. The van der Waals surface area contributed by atoms with Gasteiger partial charge in [-0.2, -0.15) is 0 Å². The van der Waals surface area contributed by atoms with Gasteiger partial charge >= 0.3 is 0 Å². The Morgan fingerprint density at radius 1 is 1.08 bits per heavy atom. The minimum atomic E-state index is 0.884. The van der Waals surface area contributed by atoms with Crippen LogP contribution in [-0.4, -0.2) is 25.8 Å². The van der Waals surface area contributed by atoms with Crippen molar-refractivity contribution < 1.29 is 4.74 Å². The lowest BCUT2D eigenvalue weighted by molar-refractivity contribution is 0.0633. The van der Waals surface area contributed by atoms with E-state index in [0.29, 0.717) is 0 Å². The van der Waals surface area contributed by atoms with Crippen LogP contribution in [-0.2, 0) is 4.74 Å². The zero-order valence-corrected chi connectivity index (χ0v) is 8.43. The van der Waals surface area contributed by atoms with Crippen LogP contribution in [0.5, 0.6) is 0 Å². The fraction of sp³-hybridized carbons (Fsp3) is 1.00. The Balaban J connectivity index is 1.46. The van der Waals surface area contributed by atoms with E-state index in [-0.39, 0.29) is 0 Å². The highest BCUT2D eigenvalue weighted by molar-refractivity contribution is 4.80. The zero-order chi connectivity index (χ0) is 8.93. The molecule has 1 aliphatic heterocycles. The van der Waals surface area contributed by atoms with E-state index in [1.165, 1.54) is 45.1 Å². The molecule has 1 saturated carbocycles. The van der Waals surface area contributed by atoms with Crippen molar-refractivity contribution in [2.75, 3.05) is 19.8 Å². The molecular weight excluding hydrogens is 162 g/mol. The van der Waals surface area contributed by atoms with Gasteiger partial charge < -0.3 is 10.1 Å². The molecule has 2 aliphatic rings. The highest BCUT2D eigenvalue weighted by Crippen LogP contribution is 2.21. The molecule has 2 nitrogen and oxygen atoms in total. The van der Waals surface area contributed by atoms with Gasteiger partial charge in [0.25, 0.3) is 0 Å². The fourth-order valence-electron chi connectivity index (χ4n) is 2.02. The second-order valence-corrected chi connectivity index (χ2v) is 4.43. The Bertz CT molecular complexity index is 139. The molecule has 0 spiro atoms. The first-order valence-electron chi connectivity index (χ1n) is 5.76. The summed E-state index contributed by atoms with van der Waals surface area (Å²) in [7, 11) is 0. The average Bonchev–Trinajstić information content (AvgIpc) is 2.98. The summed E-state index contributed by atoms with van der Waals surface area (Å²) in [5, 5.41) is 3.56. The van der Waals surface area contributed by atoms with Crippen molar-refractivity contribution in [1.82, 2.24) is 5.32 Å². The molecular formula is C11H21NO. The van der Waals surface area contributed by atoms with Crippen LogP contribution in [0.1, 0.15) is 38.5 Å². The fourth-order valence-corrected chi connectivity index (χ4v) is 2.02. The van der Waals surface area contributed by atoms with Crippen LogP contribution in [0.15, 0.2) is 0 Å². The molecule has 1 aliphatic carbocycles. The van der Waals surface area contributed by atoms with Crippen LogP contribution in [0.4, 0.5) is 0 Å². The first-order valence-corrected chi connectivity index (χ1v) is 5.76. The van der Waals surface area contributed by atoms with Crippen molar-refractivity contribution in [3.8, 4) is 0 Å². The largest absolute Gasteiger partial charge is 0.381 e. The molecule has 0 atom stereocenters. The number of rotatable bonds is 5. The molecule has 0 unspecified atom stereocenters. The van der Waals surface area contributed by atoms with Crippen LogP contribution in [0.25, 0.3) is 0 Å². The quantitative estimate of drug-likeness (QED) is 0.658. The predicted octanol–water partition coefficient (Wildman–Crippen LogP) is 1.95. The number of hydrogen-bond acceptors (Lipinski definition) is 2. The summed E-state index contributed by atoms with van der Waals surface area (Å²) in [5.41, 5.74) is 0. The molecule has 0 amide bonds. The SMILES string of the molecule is C(CNC1CC1)CC1CCOCC1. The van der Waals surface area contributed by atoms with Crippen LogP contribution in [0.3, 0.4) is 0 Å². The smallest absolute Gasteiger partial charge is 0.0468 e. The van der Waals surface area contributed by atoms with Crippen molar-refractivity contribution >= 4 is 0 Å². The van der Waals surface area contributed by atoms with Gasteiger partial charge in [0.05, 0.1) is 0 Å². The van der Waals surface area contributed by atoms with Crippen molar-refractivity contribution in [1.29, 1.82) is 0 Å². The third-order valence-corrected chi connectivity index (χ3v) is 3.14. The van der Waals surface area contributed by atoms with Crippen molar-refractivity contribution in [2.45, 2.75) is 44.6 Å². The highest BCUT2D eigenvalue weighted by atomic mass is 16.5. The molecule has 0 aromatic carbocycles. The van der Waals surface area contributed by atoms with Gasteiger partial charge in [0, 0.05) is 19.3 Å². The molecule has 2 fully saturated rings. The van der Waals surface area contributed by atoms with Crippen LogP contribution in [0, 0.1) is 5.92 Å². The summed E-state index contributed by atoms with van der Waals surface area (Å²) < 4.78 is 5.34. The van der Waals surface area contributed by atoms with E-state index in [4.69, 9.17) is 4.74 Å². The first-order chi connectivity index (χ1) is 6.45.